The summed E-state index contributed by atoms with van der Waals surface area (Å²) >= 11 is 0. The Hall–Kier alpha value is -0.410. The third-order valence-corrected chi connectivity index (χ3v) is 1.78. The molecule has 1 fully saturated rings. The van der Waals surface area contributed by atoms with Gasteiger partial charge in [-0.3, -0.25) is 0 Å². The molecule has 2 N–H and O–H groups in total. The van der Waals surface area contributed by atoms with Crippen LogP contribution in [0.3, 0.4) is 0 Å². The maximum atomic E-state index is 10.4. The number of hydrogen-bond donors (Lipinski definition) is 2. The zero-order valence-electron chi connectivity index (χ0n) is 6.10. The van der Waals surface area contributed by atoms with Gasteiger partial charge >= 0.3 is 0 Å². The van der Waals surface area contributed by atoms with Gasteiger partial charge in [0.15, 0.2) is 0 Å². The maximum Gasteiger partial charge on any atom is 0.124 e. The van der Waals surface area contributed by atoms with Gasteiger partial charge in [0.05, 0.1) is 0 Å². The molecule has 0 saturated carbocycles. The molecule has 0 amide bonds. The monoisotopic (exact) mass is 142 g/mol. The Balaban J connectivity index is 2.22. The largest absolute Gasteiger partial charge is 0.304 e. The highest BCUT2D eigenvalue weighted by Crippen LogP contribution is 2.02. The van der Waals surface area contributed by atoms with Crippen molar-refractivity contribution in [3.8, 4) is 0 Å². The Kier molecular flexibility index (Phi) is 3.40. The Morgan fingerprint density at radius 2 is 2.30 bits per heavy atom. The van der Waals surface area contributed by atoms with Gasteiger partial charge in [-0.2, -0.15) is 0 Å². The summed E-state index contributed by atoms with van der Waals surface area (Å²) in [4.78, 5) is 10.4. The minimum atomic E-state index is 0.238. The fraction of sp³-hybridized carbons (Fsp3) is 0.857. The smallest absolute Gasteiger partial charge is 0.124 e. The van der Waals surface area contributed by atoms with E-state index in [1.54, 1.807) is 0 Å². The van der Waals surface area contributed by atoms with Gasteiger partial charge in [0, 0.05) is 19.1 Å². The summed E-state index contributed by atoms with van der Waals surface area (Å²) in [5.74, 6) is 0.238. The van der Waals surface area contributed by atoms with Gasteiger partial charge in [0.2, 0.25) is 0 Å². The Bertz CT molecular complexity index is 97.8. The number of nitrogens with one attached hydrogen (secondary N) is 2. The van der Waals surface area contributed by atoms with E-state index in [9.17, 15) is 4.79 Å². The number of rotatable bonds is 1. The van der Waals surface area contributed by atoms with Crippen LogP contribution in [0, 0.1) is 5.92 Å². The van der Waals surface area contributed by atoms with Crippen LogP contribution in [0.15, 0.2) is 0 Å². The molecule has 1 rings (SSSR count). The lowest BCUT2D eigenvalue weighted by atomic mass is 10.0. The third-order valence-electron chi connectivity index (χ3n) is 1.78. The molecule has 0 aromatic rings. The fourth-order valence-electron chi connectivity index (χ4n) is 1.14. The first-order valence-electron chi connectivity index (χ1n) is 3.80. The van der Waals surface area contributed by atoms with Crippen molar-refractivity contribution in [2.45, 2.75) is 12.8 Å². The second kappa shape index (κ2) is 4.41. The lowest BCUT2D eigenvalue weighted by molar-refractivity contribution is -0.111. The maximum absolute atomic E-state index is 10.4. The molecule has 1 heterocycles. The summed E-state index contributed by atoms with van der Waals surface area (Å²) in [6.07, 6.45) is 3.19. The van der Waals surface area contributed by atoms with Crippen LogP contribution in [0.4, 0.5) is 0 Å². The summed E-state index contributed by atoms with van der Waals surface area (Å²) in [5, 5.41) is 6.35. The number of hydrogen-bond acceptors (Lipinski definition) is 3. The summed E-state index contributed by atoms with van der Waals surface area (Å²) in [5.41, 5.74) is 0. The molecule has 3 heteroatoms. The van der Waals surface area contributed by atoms with E-state index < -0.39 is 0 Å². The van der Waals surface area contributed by atoms with Crippen LogP contribution < -0.4 is 10.6 Å². The molecular weight excluding hydrogens is 128 g/mol. The van der Waals surface area contributed by atoms with E-state index in [-0.39, 0.29) is 5.92 Å². The van der Waals surface area contributed by atoms with Crippen molar-refractivity contribution in [3.05, 3.63) is 0 Å². The predicted molar refractivity (Wildman–Crippen MR) is 39.7 cm³/mol. The highest BCUT2D eigenvalue weighted by Gasteiger charge is 2.07. The van der Waals surface area contributed by atoms with Crippen molar-refractivity contribution >= 4 is 6.29 Å². The van der Waals surface area contributed by atoms with Crippen molar-refractivity contribution in [1.29, 1.82) is 0 Å². The molecule has 0 aromatic carbocycles. The van der Waals surface area contributed by atoms with Crippen molar-refractivity contribution in [2.24, 2.45) is 5.92 Å². The fourth-order valence-corrected chi connectivity index (χ4v) is 1.14. The normalized spacial score (nSPS) is 28.6. The first kappa shape index (κ1) is 7.69. The molecule has 1 saturated heterocycles. The van der Waals surface area contributed by atoms with Crippen molar-refractivity contribution in [2.75, 3.05) is 19.8 Å². The van der Waals surface area contributed by atoms with Gasteiger partial charge in [0.1, 0.15) is 6.29 Å². The van der Waals surface area contributed by atoms with Crippen molar-refractivity contribution < 1.29 is 4.79 Å². The molecule has 0 aliphatic carbocycles. The molecule has 0 bridgehead atoms. The van der Waals surface area contributed by atoms with Gasteiger partial charge < -0.3 is 15.4 Å². The quantitative estimate of drug-likeness (QED) is 0.495. The van der Waals surface area contributed by atoms with Gasteiger partial charge in [-0.25, -0.2) is 0 Å². The van der Waals surface area contributed by atoms with E-state index in [4.69, 9.17) is 0 Å². The van der Waals surface area contributed by atoms with Crippen molar-refractivity contribution in [1.82, 2.24) is 10.6 Å². The molecular formula is C7H14N2O. The van der Waals surface area contributed by atoms with Gasteiger partial charge in [-0.1, -0.05) is 0 Å². The van der Waals surface area contributed by atoms with Crippen LogP contribution in [0.1, 0.15) is 12.8 Å². The van der Waals surface area contributed by atoms with Crippen molar-refractivity contribution in [3.63, 3.8) is 0 Å². The molecule has 0 aromatic heterocycles. The minimum absolute atomic E-state index is 0.238. The molecule has 1 unspecified atom stereocenters. The van der Waals surface area contributed by atoms with E-state index >= 15 is 0 Å². The molecule has 10 heavy (non-hydrogen) atoms. The second-order valence-corrected chi connectivity index (χ2v) is 2.67. The zero-order chi connectivity index (χ0) is 7.23. The summed E-state index contributed by atoms with van der Waals surface area (Å²) < 4.78 is 0. The predicted octanol–water partition coefficient (Wildman–Crippen LogP) is -0.268. The van der Waals surface area contributed by atoms with Crippen LogP contribution in [0.5, 0.6) is 0 Å². The third kappa shape index (κ3) is 2.45. The van der Waals surface area contributed by atoms with Crippen LogP contribution in [-0.4, -0.2) is 26.0 Å². The molecule has 0 spiro atoms. The standard InChI is InChI=1S/C7H14N2O/c10-5-7-2-1-3-8-6-9-4-7/h5,7-9H,1-4,6H2. The number of aldehydes is 1. The van der Waals surface area contributed by atoms with E-state index in [1.807, 2.05) is 0 Å². The lowest BCUT2D eigenvalue weighted by Gasteiger charge is -2.15. The topological polar surface area (TPSA) is 41.1 Å². The van der Waals surface area contributed by atoms with Gasteiger partial charge in [-0.05, 0) is 19.4 Å². The van der Waals surface area contributed by atoms with E-state index in [0.717, 1.165) is 38.9 Å². The molecule has 3 nitrogen and oxygen atoms in total. The average Bonchev–Trinajstić information content (AvgIpc) is 1.87. The Morgan fingerprint density at radius 3 is 3.10 bits per heavy atom. The summed E-state index contributed by atoms with van der Waals surface area (Å²) in [6, 6.07) is 0. The lowest BCUT2D eigenvalue weighted by Crippen LogP contribution is -2.36. The van der Waals surface area contributed by atoms with Gasteiger partial charge in [0.25, 0.3) is 0 Å². The molecule has 1 atom stereocenters. The molecule has 1 aliphatic rings. The molecule has 0 radical (unpaired) electrons. The van der Waals surface area contributed by atoms with Gasteiger partial charge in [-0.15, -0.1) is 0 Å². The molecule has 58 valence electrons. The Labute approximate surface area is 61.2 Å². The highest BCUT2D eigenvalue weighted by atomic mass is 16.1. The SMILES string of the molecule is O=CC1CCCNCNC1. The zero-order valence-corrected chi connectivity index (χ0v) is 6.10. The minimum Gasteiger partial charge on any atom is -0.304 e. The average molecular weight is 142 g/mol. The number of carbonyl (C=O) groups is 1. The number of carbonyl (C=O) groups excluding carboxylic acids is 1. The first-order chi connectivity index (χ1) is 4.93. The second-order valence-electron chi connectivity index (χ2n) is 2.67. The van der Waals surface area contributed by atoms with E-state index in [0.29, 0.717) is 0 Å². The van der Waals surface area contributed by atoms with Crippen LogP contribution in [-0.2, 0) is 4.79 Å². The Morgan fingerprint density at radius 1 is 1.40 bits per heavy atom. The summed E-state index contributed by atoms with van der Waals surface area (Å²) in [6.45, 7) is 2.69. The summed E-state index contributed by atoms with van der Waals surface area (Å²) in [7, 11) is 0. The van der Waals surface area contributed by atoms with Crippen LogP contribution in [0.25, 0.3) is 0 Å². The first-order valence-corrected chi connectivity index (χ1v) is 3.80. The van der Waals surface area contributed by atoms with E-state index in [1.165, 1.54) is 0 Å². The van der Waals surface area contributed by atoms with Crippen LogP contribution in [0.2, 0.25) is 0 Å². The highest BCUT2D eigenvalue weighted by molar-refractivity contribution is 5.53. The van der Waals surface area contributed by atoms with Crippen LogP contribution >= 0.6 is 0 Å². The molecule has 1 aliphatic heterocycles. The van der Waals surface area contributed by atoms with E-state index in [2.05, 4.69) is 10.6 Å².